The zero-order valence-electron chi connectivity index (χ0n) is 14.0. The summed E-state index contributed by atoms with van der Waals surface area (Å²) in [5, 5.41) is 6.37. The summed E-state index contributed by atoms with van der Waals surface area (Å²) in [4.78, 5) is 26.1. The fourth-order valence-corrected chi connectivity index (χ4v) is 2.55. The van der Waals surface area contributed by atoms with Crippen molar-refractivity contribution in [2.24, 2.45) is 5.92 Å². The van der Waals surface area contributed by atoms with Gasteiger partial charge in [-0.05, 0) is 25.7 Å². The quantitative estimate of drug-likeness (QED) is 0.829. The van der Waals surface area contributed by atoms with Crippen LogP contribution in [0.2, 0.25) is 0 Å². The van der Waals surface area contributed by atoms with Crippen molar-refractivity contribution >= 4 is 17.6 Å². The van der Waals surface area contributed by atoms with Crippen molar-refractivity contribution in [2.75, 3.05) is 25.0 Å². The summed E-state index contributed by atoms with van der Waals surface area (Å²) in [6.45, 7) is 6.90. The fourth-order valence-electron chi connectivity index (χ4n) is 2.55. The molecule has 1 aromatic heterocycles. The molecule has 0 radical (unpaired) electrons. The molecule has 7 heteroatoms. The minimum Gasteiger partial charge on any atom is -0.376 e. The molecule has 0 saturated carbocycles. The Morgan fingerprint density at radius 3 is 2.83 bits per heavy atom. The maximum absolute atomic E-state index is 12.4. The second-order valence-electron chi connectivity index (χ2n) is 6.38. The summed E-state index contributed by atoms with van der Waals surface area (Å²) in [5.74, 6) is 0.916. The first-order valence-corrected chi connectivity index (χ1v) is 8.06. The lowest BCUT2D eigenvalue weighted by molar-refractivity contribution is -0.136. The number of ether oxygens (including phenoxy) is 1. The summed E-state index contributed by atoms with van der Waals surface area (Å²) in [7, 11) is 0. The van der Waals surface area contributed by atoms with E-state index in [-0.39, 0.29) is 30.4 Å². The molecule has 2 rings (SSSR count). The highest BCUT2D eigenvalue weighted by Gasteiger charge is 2.25. The van der Waals surface area contributed by atoms with Gasteiger partial charge in [-0.2, -0.15) is 0 Å². The zero-order valence-corrected chi connectivity index (χ0v) is 14.0. The summed E-state index contributed by atoms with van der Waals surface area (Å²) in [6.07, 6.45) is 2.37. The fraction of sp³-hybridized carbons (Fsp3) is 0.688. The van der Waals surface area contributed by atoms with Gasteiger partial charge in [-0.3, -0.25) is 9.59 Å². The van der Waals surface area contributed by atoms with Crippen LogP contribution in [0.1, 0.15) is 38.9 Å². The number of amides is 2. The summed E-state index contributed by atoms with van der Waals surface area (Å²) >= 11 is 0. The van der Waals surface area contributed by atoms with Gasteiger partial charge in [0.05, 0.1) is 12.6 Å². The van der Waals surface area contributed by atoms with E-state index in [4.69, 9.17) is 9.26 Å². The highest BCUT2D eigenvalue weighted by molar-refractivity contribution is 5.93. The number of nitrogens with one attached hydrogen (secondary N) is 1. The van der Waals surface area contributed by atoms with Gasteiger partial charge in [0.25, 0.3) is 0 Å². The van der Waals surface area contributed by atoms with Crippen LogP contribution in [0, 0.1) is 12.8 Å². The average molecular weight is 323 g/mol. The van der Waals surface area contributed by atoms with Crippen molar-refractivity contribution in [1.29, 1.82) is 0 Å². The van der Waals surface area contributed by atoms with E-state index in [1.165, 1.54) is 0 Å². The minimum absolute atomic E-state index is 0.00266. The van der Waals surface area contributed by atoms with Crippen molar-refractivity contribution in [3.8, 4) is 0 Å². The maximum atomic E-state index is 12.4. The van der Waals surface area contributed by atoms with Gasteiger partial charge in [0, 0.05) is 25.6 Å². The minimum atomic E-state index is -0.284. The molecule has 0 aromatic carbocycles. The number of aromatic nitrogens is 1. The van der Waals surface area contributed by atoms with Crippen LogP contribution >= 0.6 is 0 Å². The average Bonchev–Trinajstić information content (AvgIpc) is 3.09. The van der Waals surface area contributed by atoms with Gasteiger partial charge < -0.3 is 19.5 Å². The van der Waals surface area contributed by atoms with E-state index in [1.54, 1.807) is 17.9 Å². The number of anilines is 1. The van der Waals surface area contributed by atoms with Crippen LogP contribution in [0.3, 0.4) is 0 Å². The van der Waals surface area contributed by atoms with Crippen molar-refractivity contribution in [2.45, 2.75) is 46.1 Å². The molecule has 1 aromatic rings. The third-order valence-electron chi connectivity index (χ3n) is 3.61. The standard InChI is InChI=1S/C16H25N3O4/c1-11(2)7-16(21)19(9-13-5-4-6-22-13)10-15(20)17-14-8-12(3)23-18-14/h8,11,13H,4-7,9-10H2,1-3H3,(H,17,18,20)/t13-/m1/s1. The molecule has 1 aliphatic heterocycles. The van der Waals surface area contributed by atoms with Crippen LogP contribution in [-0.2, 0) is 14.3 Å². The summed E-state index contributed by atoms with van der Waals surface area (Å²) in [6, 6.07) is 1.64. The monoisotopic (exact) mass is 323 g/mol. The van der Waals surface area contributed by atoms with E-state index in [2.05, 4.69) is 10.5 Å². The molecule has 1 aliphatic rings. The highest BCUT2D eigenvalue weighted by atomic mass is 16.5. The number of carbonyl (C=O) groups excluding carboxylic acids is 2. The van der Waals surface area contributed by atoms with E-state index in [0.717, 1.165) is 19.4 Å². The molecule has 0 unspecified atom stereocenters. The summed E-state index contributed by atoms with van der Waals surface area (Å²) < 4.78 is 10.5. The normalized spacial score (nSPS) is 17.5. The third-order valence-corrected chi connectivity index (χ3v) is 3.61. The SMILES string of the molecule is Cc1cc(NC(=O)CN(C[C@H]2CCCO2)C(=O)CC(C)C)no1. The van der Waals surface area contributed by atoms with Crippen LogP contribution in [0.5, 0.6) is 0 Å². The topological polar surface area (TPSA) is 84.7 Å². The molecule has 2 heterocycles. The predicted octanol–water partition coefficient (Wildman–Crippen LogP) is 1.98. The summed E-state index contributed by atoms with van der Waals surface area (Å²) in [5.41, 5.74) is 0. The molecule has 1 fully saturated rings. The van der Waals surface area contributed by atoms with E-state index in [1.807, 2.05) is 13.8 Å². The van der Waals surface area contributed by atoms with E-state index in [9.17, 15) is 9.59 Å². The van der Waals surface area contributed by atoms with Crippen molar-refractivity contribution < 1.29 is 18.8 Å². The van der Waals surface area contributed by atoms with Crippen LogP contribution in [0.4, 0.5) is 5.82 Å². The Morgan fingerprint density at radius 1 is 1.48 bits per heavy atom. The largest absolute Gasteiger partial charge is 0.376 e. The Balaban J connectivity index is 1.94. The Hall–Kier alpha value is -1.89. The second-order valence-corrected chi connectivity index (χ2v) is 6.38. The molecule has 1 saturated heterocycles. The Labute approximate surface area is 136 Å². The van der Waals surface area contributed by atoms with Gasteiger partial charge >= 0.3 is 0 Å². The first-order valence-electron chi connectivity index (χ1n) is 8.06. The zero-order chi connectivity index (χ0) is 16.8. The molecule has 0 bridgehead atoms. The van der Waals surface area contributed by atoms with E-state index in [0.29, 0.717) is 24.5 Å². The lowest BCUT2D eigenvalue weighted by Crippen LogP contribution is -2.42. The molecule has 1 N–H and O–H groups in total. The number of carbonyl (C=O) groups is 2. The predicted molar refractivity (Wildman–Crippen MR) is 84.9 cm³/mol. The van der Waals surface area contributed by atoms with Crippen LogP contribution in [0.25, 0.3) is 0 Å². The van der Waals surface area contributed by atoms with Crippen LogP contribution in [0.15, 0.2) is 10.6 Å². The van der Waals surface area contributed by atoms with Gasteiger partial charge in [-0.15, -0.1) is 0 Å². The lowest BCUT2D eigenvalue weighted by atomic mass is 10.1. The van der Waals surface area contributed by atoms with Gasteiger partial charge in [-0.1, -0.05) is 19.0 Å². The molecule has 7 nitrogen and oxygen atoms in total. The number of rotatable bonds is 7. The van der Waals surface area contributed by atoms with E-state index < -0.39 is 0 Å². The van der Waals surface area contributed by atoms with Crippen LogP contribution in [-0.4, -0.2) is 47.7 Å². The molecule has 0 spiro atoms. The number of hydrogen-bond donors (Lipinski definition) is 1. The molecular weight excluding hydrogens is 298 g/mol. The molecule has 1 atom stereocenters. The van der Waals surface area contributed by atoms with E-state index >= 15 is 0 Å². The number of hydrogen-bond acceptors (Lipinski definition) is 5. The van der Waals surface area contributed by atoms with Crippen molar-refractivity contribution in [3.05, 3.63) is 11.8 Å². The first kappa shape index (κ1) is 17.5. The van der Waals surface area contributed by atoms with Crippen molar-refractivity contribution in [3.63, 3.8) is 0 Å². The van der Waals surface area contributed by atoms with Gasteiger partial charge in [-0.25, -0.2) is 0 Å². The highest BCUT2D eigenvalue weighted by Crippen LogP contribution is 2.15. The third kappa shape index (κ3) is 5.67. The van der Waals surface area contributed by atoms with Gasteiger partial charge in [0.1, 0.15) is 5.76 Å². The van der Waals surface area contributed by atoms with Crippen molar-refractivity contribution in [1.82, 2.24) is 10.1 Å². The number of nitrogens with zero attached hydrogens (tertiary/aromatic N) is 2. The molecule has 128 valence electrons. The second kappa shape index (κ2) is 8.10. The Bertz CT molecular complexity index is 535. The van der Waals surface area contributed by atoms with Crippen LogP contribution < -0.4 is 5.32 Å². The lowest BCUT2D eigenvalue weighted by Gasteiger charge is -2.25. The Morgan fingerprint density at radius 2 is 2.26 bits per heavy atom. The molecule has 23 heavy (non-hydrogen) atoms. The maximum Gasteiger partial charge on any atom is 0.245 e. The molecule has 2 amide bonds. The first-order chi connectivity index (χ1) is 10.9. The van der Waals surface area contributed by atoms with Gasteiger partial charge in [0.15, 0.2) is 5.82 Å². The number of aryl methyl sites for hydroxylation is 1. The smallest absolute Gasteiger partial charge is 0.245 e. The molecule has 0 aliphatic carbocycles. The van der Waals surface area contributed by atoms with Gasteiger partial charge in [0.2, 0.25) is 11.8 Å². The molecular formula is C16H25N3O4. The Kier molecular flexibility index (Phi) is 6.15.